The fraction of sp³-hybridized carbons (Fsp3) is 0.714. The predicted molar refractivity (Wildman–Crippen MR) is 71.4 cm³/mol. The molecule has 0 aromatic carbocycles. The van der Waals surface area contributed by atoms with Crippen molar-refractivity contribution in [3.05, 3.63) is 32.6 Å². The van der Waals surface area contributed by atoms with Crippen LogP contribution in [0.15, 0.2) is 15.8 Å². The SMILES string of the molecule is Cc1cn(CC2CCC3(CCCC3)O2)c(=O)[nH]c1=O. The van der Waals surface area contributed by atoms with E-state index < -0.39 is 0 Å². The Labute approximate surface area is 111 Å². The van der Waals surface area contributed by atoms with E-state index in [4.69, 9.17) is 4.74 Å². The van der Waals surface area contributed by atoms with E-state index in [1.54, 1.807) is 17.7 Å². The van der Waals surface area contributed by atoms with E-state index in [1.165, 1.54) is 12.8 Å². The molecule has 3 rings (SSSR count). The second-order valence-electron chi connectivity index (χ2n) is 5.89. The molecule has 5 heteroatoms. The van der Waals surface area contributed by atoms with Crippen molar-refractivity contribution in [1.82, 2.24) is 9.55 Å². The zero-order chi connectivity index (χ0) is 13.5. The van der Waals surface area contributed by atoms with E-state index in [1.807, 2.05) is 0 Å². The highest BCUT2D eigenvalue weighted by Crippen LogP contribution is 2.43. The Bertz CT molecular complexity index is 581. The third-order valence-electron chi connectivity index (χ3n) is 4.44. The Morgan fingerprint density at radius 2 is 2.11 bits per heavy atom. The van der Waals surface area contributed by atoms with Gasteiger partial charge >= 0.3 is 5.69 Å². The molecule has 5 nitrogen and oxygen atoms in total. The van der Waals surface area contributed by atoms with Crippen LogP contribution in [0, 0.1) is 6.92 Å². The minimum Gasteiger partial charge on any atom is -0.370 e. The molecular formula is C14H20N2O3. The van der Waals surface area contributed by atoms with Crippen LogP contribution in [0.25, 0.3) is 0 Å². The van der Waals surface area contributed by atoms with Gasteiger partial charge in [0.1, 0.15) is 0 Å². The van der Waals surface area contributed by atoms with E-state index in [0.29, 0.717) is 12.1 Å². The van der Waals surface area contributed by atoms with Gasteiger partial charge in [0.15, 0.2) is 0 Å². The summed E-state index contributed by atoms with van der Waals surface area (Å²) >= 11 is 0. The van der Waals surface area contributed by atoms with Crippen molar-refractivity contribution >= 4 is 0 Å². The van der Waals surface area contributed by atoms with Crippen molar-refractivity contribution in [2.24, 2.45) is 0 Å². The molecule has 0 radical (unpaired) electrons. The molecule has 2 fully saturated rings. The van der Waals surface area contributed by atoms with E-state index in [2.05, 4.69) is 4.98 Å². The Balaban J connectivity index is 1.74. The lowest BCUT2D eigenvalue weighted by atomic mass is 9.98. The second kappa shape index (κ2) is 4.63. The molecule has 1 saturated carbocycles. The van der Waals surface area contributed by atoms with Gasteiger partial charge in [0.2, 0.25) is 0 Å². The summed E-state index contributed by atoms with van der Waals surface area (Å²) in [4.78, 5) is 25.4. The molecule has 1 atom stereocenters. The first-order valence-corrected chi connectivity index (χ1v) is 7.06. The van der Waals surface area contributed by atoms with E-state index in [-0.39, 0.29) is 23.0 Å². The van der Waals surface area contributed by atoms with Crippen molar-refractivity contribution in [2.45, 2.75) is 63.7 Å². The maximum Gasteiger partial charge on any atom is 0.328 e. The van der Waals surface area contributed by atoms with Crippen molar-refractivity contribution in [1.29, 1.82) is 0 Å². The van der Waals surface area contributed by atoms with Gasteiger partial charge in [-0.25, -0.2) is 4.79 Å². The molecule has 0 amide bonds. The minimum atomic E-state index is -0.341. The monoisotopic (exact) mass is 264 g/mol. The minimum absolute atomic E-state index is 0.0888. The number of hydrogen-bond acceptors (Lipinski definition) is 3. The Hall–Kier alpha value is -1.36. The molecular weight excluding hydrogens is 244 g/mol. The van der Waals surface area contributed by atoms with Crippen LogP contribution in [0.4, 0.5) is 0 Å². The number of H-pyrrole nitrogens is 1. The average Bonchev–Trinajstić information content (AvgIpc) is 2.98. The van der Waals surface area contributed by atoms with E-state index in [0.717, 1.165) is 25.7 Å². The van der Waals surface area contributed by atoms with Gasteiger partial charge in [0.25, 0.3) is 5.56 Å². The molecule has 1 aromatic heterocycles. The third-order valence-corrected chi connectivity index (χ3v) is 4.44. The molecule has 19 heavy (non-hydrogen) atoms. The Morgan fingerprint density at radius 3 is 2.84 bits per heavy atom. The zero-order valence-corrected chi connectivity index (χ0v) is 11.3. The van der Waals surface area contributed by atoms with Gasteiger partial charge in [-0.3, -0.25) is 14.3 Å². The second-order valence-corrected chi connectivity index (χ2v) is 5.89. The third kappa shape index (κ3) is 2.39. The molecule has 1 aliphatic heterocycles. The highest BCUT2D eigenvalue weighted by Gasteiger charge is 2.42. The van der Waals surface area contributed by atoms with Gasteiger partial charge in [-0.05, 0) is 32.6 Å². The highest BCUT2D eigenvalue weighted by atomic mass is 16.5. The van der Waals surface area contributed by atoms with Crippen molar-refractivity contribution in [3.8, 4) is 0 Å². The number of rotatable bonds is 2. The average molecular weight is 264 g/mol. The fourth-order valence-corrected chi connectivity index (χ4v) is 3.38. The number of aromatic nitrogens is 2. The van der Waals surface area contributed by atoms with Crippen LogP contribution in [0.3, 0.4) is 0 Å². The summed E-state index contributed by atoms with van der Waals surface area (Å²) in [6.45, 7) is 2.25. The molecule has 0 bridgehead atoms. The topological polar surface area (TPSA) is 64.1 Å². The number of nitrogens with one attached hydrogen (secondary N) is 1. The number of ether oxygens (including phenoxy) is 1. The van der Waals surface area contributed by atoms with Crippen molar-refractivity contribution < 1.29 is 4.74 Å². The van der Waals surface area contributed by atoms with Crippen LogP contribution in [0.5, 0.6) is 0 Å². The molecule has 104 valence electrons. The van der Waals surface area contributed by atoms with E-state index >= 15 is 0 Å². The molecule has 2 heterocycles. The molecule has 1 spiro atoms. The first kappa shape index (κ1) is 12.7. The lowest BCUT2D eigenvalue weighted by Gasteiger charge is -2.24. The highest BCUT2D eigenvalue weighted by molar-refractivity contribution is 5.01. The maximum atomic E-state index is 11.7. The standard InChI is InChI=1S/C14H20N2O3/c1-10-8-16(13(18)15-12(10)17)9-11-4-7-14(19-11)5-2-3-6-14/h8,11H,2-7,9H2,1H3,(H,15,17,18). The van der Waals surface area contributed by atoms with Gasteiger partial charge in [-0.15, -0.1) is 0 Å². The molecule has 1 N–H and O–H groups in total. The Morgan fingerprint density at radius 1 is 1.37 bits per heavy atom. The van der Waals surface area contributed by atoms with Crippen LogP contribution in [-0.4, -0.2) is 21.3 Å². The molecule has 2 aliphatic rings. The summed E-state index contributed by atoms with van der Waals surface area (Å²) in [5, 5.41) is 0. The summed E-state index contributed by atoms with van der Waals surface area (Å²) in [6.07, 6.45) is 8.66. The fourth-order valence-electron chi connectivity index (χ4n) is 3.38. The van der Waals surface area contributed by atoms with Gasteiger partial charge in [0.05, 0.1) is 18.2 Å². The van der Waals surface area contributed by atoms with Gasteiger partial charge < -0.3 is 4.74 Å². The number of hydrogen-bond donors (Lipinski definition) is 1. The molecule has 1 aliphatic carbocycles. The first-order valence-electron chi connectivity index (χ1n) is 7.06. The quantitative estimate of drug-likeness (QED) is 0.876. The van der Waals surface area contributed by atoms with Gasteiger partial charge in [0, 0.05) is 11.8 Å². The zero-order valence-electron chi connectivity index (χ0n) is 11.3. The molecule has 1 saturated heterocycles. The maximum absolute atomic E-state index is 11.7. The van der Waals surface area contributed by atoms with Crippen LogP contribution >= 0.6 is 0 Å². The normalized spacial score (nSPS) is 25.2. The van der Waals surface area contributed by atoms with Crippen LogP contribution in [0.2, 0.25) is 0 Å². The summed E-state index contributed by atoms with van der Waals surface area (Å²) < 4.78 is 7.75. The van der Waals surface area contributed by atoms with Gasteiger partial charge in [-0.2, -0.15) is 0 Å². The first-order chi connectivity index (χ1) is 9.08. The molecule has 1 unspecified atom stereocenters. The van der Waals surface area contributed by atoms with Crippen molar-refractivity contribution in [2.75, 3.05) is 0 Å². The summed E-state index contributed by atoms with van der Waals surface area (Å²) in [6, 6.07) is 0. The van der Waals surface area contributed by atoms with Gasteiger partial charge in [-0.1, -0.05) is 12.8 Å². The number of aryl methyl sites for hydroxylation is 1. The van der Waals surface area contributed by atoms with Crippen LogP contribution in [-0.2, 0) is 11.3 Å². The van der Waals surface area contributed by atoms with E-state index in [9.17, 15) is 9.59 Å². The predicted octanol–water partition coefficient (Wildman–Crippen LogP) is 1.34. The van der Waals surface area contributed by atoms with Crippen molar-refractivity contribution in [3.63, 3.8) is 0 Å². The van der Waals surface area contributed by atoms with Crippen LogP contribution < -0.4 is 11.2 Å². The largest absolute Gasteiger partial charge is 0.370 e. The lowest BCUT2D eigenvalue weighted by molar-refractivity contribution is -0.0422. The van der Waals surface area contributed by atoms with Crippen LogP contribution in [0.1, 0.15) is 44.1 Å². The number of aromatic amines is 1. The number of nitrogens with zero attached hydrogens (tertiary/aromatic N) is 1. The Kier molecular flexibility index (Phi) is 3.09. The lowest BCUT2D eigenvalue weighted by Crippen LogP contribution is -2.34. The summed E-state index contributed by atoms with van der Waals surface area (Å²) in [7, 11) is 0. The summed E-state index contributed by atoms with van der Waals surface area (Å²) in [5.74, 6) is 0. The summed E-state index contributed by atoms with van der Waals surface area (Å²) in [5.41, 5.74) is 0.00602. The smallest absolute Gasteiger partial charge is 0.328 e. The molecule has 1 aromatic rings.